The van der Waals surface area contributed by atoms with Crippen molar-refractivity contribution in [2.75, 3.05) is 0 Å². The molecular formula is C30H28O2Si. The Bertz CT molecular complexity index is 1130. The summed E-state index contributed by atoms with van der Waals surface area (Å²) >= 11 is 0. The highest BCUT2D eigenvalue weighted by Crippen LogP contribution is 2.28. The van der Waals surface area contributed by atoms with Crippen LogP contribution in [0.15, 0.2) is 145 Å². The van der Waals surface area contributed by atoms with Crippen molar-refractivity contribution in [3.63, 3.8) is 0 Å². The minimum atomic E-state index is -2.95. The largest absolute Gasteiger partial charge is 0.531 e. The number of aliphatic hydroxyl groups is 1. The first-order valence-corrected chi connectivity index (χ1v) is 13.1. The molecule has 1 atom stereocenters. The van der Waals surface area contributed by atoms with Gasteiger partial charge in [0.05, 0.1) is 0 Å². The second kappa shape index (κ2) is 10.8. The molecule has 1 N–H and O–H groups in total. The molecule has 0 amide bonds. The lowest BCUT2D eigenvalue weighted by Crippen LogP contribution is -2.62. The third-order valence-corrected chi connectivity index (χ3v) is 9.38. The molecule has 0 aliphatic carbocycles. The lowest BCUT2D eigenvalue weighted by Gasteiger charge is -2.32. The van der Waals surface area contributed by atoms with E-state index in [0.717, 1.165) is 27.3 Å². The lowest BCUT2D eigenvalue weighted by molar-refractivity contribution is 0.213. The fourth-order valence-electron chi connectivity index (χ4n) is 4.05. The summed E-state index contributed by atoms with van der Waals surface area (Å²) in [5, 5.41) is 13.6. The standard InChI is InChI=1S/C30H28O2Si/c1-2-15-26(30(31)25-16-7-3-8-17-25)24-33(28-20-11-5-12-21-28,29-22-13-6-14-23-29)32-27-18-9-4-10-19-27/h2-14,16-24,30-31H,1,15H2/b26-24+. The van der Waals surface area contributed by atoms with Crippen LogP contribution >= 0.6 is 0 Å². The maximum atomic E-state index is 11.4. The van der Waals surface area contributed by atoms with E-state index in [1.807, 2.05) is 103 Å². The molecule has 0 fully saturated rings. The average Bonchev–Trinajstić information content (AvgIpc) is 2.89. The Balaban J connectivity index is 1.96. The van der Waals surface area contributed by atoms with Gasteiger partial charge in [-0.3, -0.25) is 0 Å². The highest BCUT2D eigenvalue weighted by atomic mass is 28.4. The molecular weight excluding hydrogens is 420 g/mol. The van der Waals surface area contributed by atoms with Gasteiger partial charge in [-0.25, -0.2) is 0 Å². The summed E-state index contributed by atoms with van der Waals surface area (Å²) in [5.41, 5.74) is 3.94. The molecule has 0 aliphatic rings. The Morgan fingerprint density at radius 1 is 0.727 bits per heavy atom. The van der Waals surface area contributed by atoms with E-state index in [4.69, 9.17) is 4.43 Å². The van der Waals surface area contributed by atoms with Crippen molar-refractivity contribution in [1.82, 2.24) is 0 Å². The van der Waals surface area contributed by atoms with Gasteiger partial charge >= 0.3 is 8.32 Å². The first-order chi connectivity index (χ1) is 16.2. The number of aliphatic hydroxyl groups excluding tert-OH is 1. The molecule has 4 aromatic carbocycles. The molecule has 0 aliphatic heterocycles. The molecule has 0 bridgehead atoms. The Hall–Kier alpha value is -3.66. The van der Waals surface area contributed by atoms with Gasteiger partial charge in [0, 0.05) is 0 Å². The predicted octanol–water partition coefficient (Wildman–Crippen LogP) is 5.60. The average molecular weight is 449 g/mol. The minimum Gasteiger partial charge on any atom is -0.531 e. The predicted molar refractivity (Wildman–Crippen MR) is 139 cm³/mol. The second-order valence-corrected chi connectivity index (χ2v) is 11.0. The van der Waals surface area contributed by atoms with Crippen LogP contribution in [0.1, 0.15) is 18.1 Å². The quantitative estimate of drug-likeness (QED) is 0.267. The number of para-hydroxylation sites is 1. The zero-order chi connectivity index (χ0) is 22.9. The number of rotatable bonds is 9. The zero-order valence-electron chi connectivity index (χ0n) is 18.5. The summed E-state index contributed by atoms with van der Waals surface area (Å²) in [6.07, 6.45) is 1.65. The zero-order valence-corrected chi connectivity index (χ0v) is 19.5. The molecule has 164 valence electrons. The van der Waals surface area contributed by atoms with Crippen LogP contribution in [0.25, 0.3) is 0 Å². The van der Waals surface area contributed by atoms with E-state index in [1.54, 1.807) is 0 Å². The van der Waals surface area contributed by atoms with Crippen LogP contribution in [0.4, 0.5) is 0 Å². The van der Waals surface area contributed by atoms with Crippen LogP contribution in [0.2, 0.25) is 0 Å². The third-order valence-electron chi connectivity index (χ3n) is 5.66. The van der Waals surface area contributed by atoms with Crippen molar-refractivity contribution in [3.05, 3.63) is 151 Å². The van der Waals surface area contributed by atoms with Gasteiger partial charge in [0.25, 0.3) is 0 Å². The van der Waals surface area contributed by atoms with Crippen molar-refractivity contribution >= 4 is 18.7 Å². The van der Waals surface area contributed by atoms with Gasteiger partial charge in [-0.1, -0.05) is 115 Å². The SMILES string of the molecule is C=CC/C(=C\[Si](Oc1ccccc1)(c1ccccc1)c1ccccc1)C(O)c1ccccc1. The molecule has 33 heavy (non-hydrogen) atoms. The highest BCUT2D eigenvalue weighted by molar-refractivity contribution is 7.01. The summed E-state index contributed by atoms with van der Waals surface area (Å²) < 4.78 is 6.95. The van der Waals surface area contributed by atoms with Crippen LogP contribution in [0.5, 0.6) is 5.75 Å². The molecule has 4 aromatic rings. The first kappa shape index (κ1) is 22.5. The fraction of sp³-hybridized carbons (Fsp3) is 0.0667. The molecule has 3 heteroatoms. The molecule has 0 saturated carbocycles. The van der Waals surface area contributed by atoms with Crippen molar-refractivity contribution < 1.29 is 9.53 Å². The Morgan fingerprint density at radius 2 is 1.18 bits per heavy atom. The molecule has 1 unspecified atom stereocenters. The first-order valence-electron chi connectivity index (χ1n) is 11.1. The topological polar surface area (TPSA) is 29.5 Å². The summed E-state index contributed by atoms with van der Waals surface area (Å²) in [6.45, 7) is 3.96. The third kappa shape index (κ3) is 5.22. The summed E-state index contributed by atoms with van der Waals surface area (Å²) in [4.78, 5) is 0. The minimum absolute atomic E-state index is 0.558. The van der Waals surface area contributed by atoms with Crippen molar-refractivity contribution in [3.8, 4) is 5.75 Å². The van der Waals surface area contributed by atoms with E-state index in [2.05, 4.69) is 36.5 Å². The van der Waals surface area contributed by atoms with Gasteiger partial charge in [-0.2, -0.15) is 0 Å². The Morgan fingerprint density at radius 3 is 1.67 bits per heavy atom. The van der Waals surface area contributed by atoms with E-state index in [0.29, 0.717) is 6.42 Å². The summed E-state index contributed by atoms with van der Waals surface area (Å²) in [6, 6.07) is 40.4. The monoisotopic (exact) mass is 448 g/mol. The van der Waals surface area contributed by atoms with Crippen LogP contribution in [-0.4, -0.2) is 13.4 Å². The maximum absolute atomic E-state index is 11.4. The van der Waals surface area contributed by atoms with Gasteiger partial charge in [0.1, 0.15) is 11.9 Å². The van der Waals surface area contributed by atoms with Gasteiger partial charge in [0.2, 0.25) is 0 Å². The summed E-state index contributed by atoms with van der Waals surface area (Å²) in [5.74, 6) is 0.806. The molecule has 0 saturated heterocycles. The number of hydrogen-bond donors (Lipinski definition) is 1. The number of benzene rings is 4. The normalized spacial score (nSPS) is 12.7. The molecule has 4 rings (SSSR count). The van der Waals surface area contributed by atoms with Crippen LogP contribution in [-0.2, 0) is 0 Å². The molecule has 0 aromatic heterocycles. The van der Waals surface area contributed by atoms with E-state index < -0.39 is 14.4 Å². The van der Waals surface area contributed by atoms with Gasteiger partial charge < -0.3 is 9.53 Å². The van der Waals surface area contributed by atoms with E-state index >= 15 is 0 Å². The van der Waals surface area contributed by atoms with Crippen LogP contribution in [0, 0.1) is 0 Å². The van der Waals surface area contributed by atoms with Crippen LogP contribution < -0.4 is 14.8 Å². The van der Waals surface area contributed by atoms with Gasteiger partial charge in [-0.15, -0.1) is 6.58 Å². The number of hydrogen-bond acceptors (Lipinski definition) is 2. The summed E-state index contributed by atoms with van der Waals surface area (Å²) in [7, 11) is -2.95. The Kier molecular flexibility index (Phi) is 7.35. The van der Waals surface area contributed by atoms with Crippen LogP contribution in [0.3, 0.4) is 0 Å². The maximum Gasteiger partial charge on any atom is 0.339 e. The van der Waals surface area contributed by atoms with Crippen molar-refractivity contribution in [2.45, 2.75) is 12.5 Å². The van der Waals surface area contributed by atoms with Crippen molar-refractivity contribution in [1.29, 1.82) is 0 Å². The molecule has 0 spiro atoms. The van der Waals surface area contributed by atoms with E-state index in [1.165, 1.54) is 0 Å². The van der Waals surface area contributed by atoms with E-state index in [9.17, 15) is 5.11 Å². The smallest absolute Gasteiger partial charge is 0.339 e. The second-order valence-electron chi connectivity index (χ2n) is 7.91. The van der Waals surface area contributed by atoms with Gasteiger partial charge in [-0.05, 0) is 45.8 Å². The van der Waals surface area contributed by atoms with Gasteiger partial charge in [0.15, 0.2) is 0 Å². The van der Waals surface area contributed by atoms with Crippen molar-refractivity contribution in [2.24, 2.45) is 0 Å². The van der Waals surface area contributed by atoms with E-state index in [-0.39, 0.29) is 0 Å². The Labute approximate surface area is 197 Å². The number of allylic oxidation sites excluding steroid dienone is 1. The highest BCUT2D eigenvalue weighted by Gasteiger charge is 2.41. The molecule has 2 nitrogen and oxygen atoms in total. The molecule has 0 radical (unpaired) electrons. The molecule has 0 heterocycles. The lowest BCUT2D eigenvalue weighted by atomic mass is 10.0. The fourth-order valence-corrected chi connectivity index (χ4v) is 7.70.